The van der Waals surface area contributed by atoms with Crippen LogP contribution in [0.5, 0.6) is 0 Å². The molecule has 0 amide bonds. The minimum atomic E-state index is -0.262. The second-order valence-corrected chi connectivity index (χ2v) is 5.56. The predicted molar refractivity (Wildman–Crippen MR) is 84.2 cm³/mol. The van der Waals surface area contributed by atoms with Crippen LogP contribution < -0.4 is 5.73 Å². The molecule has 0 saturated heterocycles. The summed E-state index contributed by atoms with van der Waals surface area (Å²) in [7, 11) is 0. The Hall–Kier alpha value is -2.25. The molecule has 2 rings (SSSR count). The van der Waals surface area contributed by atoms with Crippen molar-refractivity contribution in [2.45, 2.75) is 25.7 Å². The van der Waals surface area contributed by atoms with Crippen LogP contribution >= 0.6 is 0 Å². The lowest BCUT2D eigenvalue weighted by atomic mass is 9.85. The molecule has 0 radical (unpaired) electrons. The van der Waals surface area contributed by atoms with Crippen LogP contribution in [-0.2, 0) is 11.8 Å². The minimum Gasteiger partial charge on any atom is -0.330 e. The van der Waals surface area contributed by atoms with E-state index < -0.39 is 0 Å². The molecule has 2 nitrogen and oxygen atoms in total. The maximum atomic E-state index is 12.5. The summed E-state index contributed by atoms with van der Waals surface area (Å²) in [5.41, 5.74) is 7.45. The van der Waals surface area contributed by atoms with E-state index in [1.807, 2.05) is 19.9 Å². The van der Waals surface area contributed by atoms with Gasteiger partial charge in [0.15, 0.2) is 0 Å². The summed E-state index contributed by atoms with van der Waals surface area (Å²) >= 11 is 0. The summed E-state index contributed by atoms with van der Waals surface area (Å²) in [5, 5.41) is 8.25. The normalized spacial score (nSPS) is 10.4. The van der Waals surface area contributed by atoms with E-state index in [2.05, 4.69) is 0 Å². The van der Waals surface area contributed by atoms with E-state index in [0.717, 1.165) is 11.1 Å². The number of nitrogens with two attached hydrogens (primary N) is 1. The van der Waals surface area contributed by atoms with Crippen LogP contribution in [0.1, 0.15) is 25.0 Å². The van der Waals surface area contributed by atoms with Crippen molar-refractivity contribution < 1.29 is 8.78 Å². The van der Waals surface area contributed by atoms with Gasteiger partial charge in [-0.05, 0) is 35.4 Å². The summed E-state index contributed by atoms with van der Waals surface area (Å²) in [6.45, 7) is 4.65. The number of hydrogen-bond acceptors (Lipinski definition) is 2. The van der Waals surface area contributed by atoms with Crippen LogP contribution in [0.3, 0.4) is 0 Å². The number of hydrogen-bond donors (Lipinski definition) is 1. The third kappa shape index (κ3) is 5.63. The van der Waals surface area contributed by atoms with E-state index in [1.54, 1.807) is 24.3 Å². The summed E-state index contributed by atoms with van der Waals surface area (Å²) in [6, 6.07) is 14.4. The molecule has 0 aromatic heterocycles. The van der Waals surface area contributed by atoms with Gasteiger partial charge in [-0.3, -0.25) is 0 Å². The van der Waals surface area contributed by atoms with Gasteiger partial charge in [0.25, 0.3) is 0 Å². The Morgan fingerprint density at radius 3 is 1.82 bits per heavy atom. The van der Waals surface area contributed by atoms with E-state index in [-0.39, 0.29) is 17.0 Å². The number of benzene rings is 2. The van der Waals surface area contributed by atoms with Crippen molar-refractivity contribution >= 4 is 0 Å². The Morgan fingerprint density at radius 1 is 0.955 bits per heavy atom. The zero-order valence-electron chi connectivity index (χ0n) is 12.8. The van der Waals surface area contributed by atoms with Gasteiger partial charge in [0, 0.05) is 12.0 Å². The number of nitrogens with zero attached hydrogens (tertiary/aromatic N) is 1. The molecule has 116 valence electrons. The summed E-state index contributed by atoms with van der Waals surface area (Å²) in [5.74, 6) is -0.465. The highest BCUT2D eigenvalue weighted by Crippen LogP contribution is 2.21. The first-order valence-electron chi connectivity index (χ1n) is 6.96. The zero-order chi connectivity index (χ0) is 16.6. The molecule has 0 fully saturated rings. The van der Waals surface area contributed by atoms with Crippen molar-refractivity contribution in [1.82, 2.24) is 0 Å². The Bertz CT molecular complexity index is 611. The quantitative estimate of drug-likeness (QED) is 0.933. The van der Waals surface area contributed by atoms with Crippen molar-refractivity contribution in [2.24, 2.45) is 5.73 Å². The van der Waals surface area contributed by atoms with Gasteiger partial charge < -0.3 is 5.73 Å². The molecule has 0 saturated carbocycles. The summed E-state index contributed by atoms with van der Waals surface area (Å²) < 4.78 is 24.8. The third-order valence-corrected chi connectivity index (χ3v) is 3.33. The van der Waals surface area contributed by atoms with Gasteiger partial charge >= 0.3 is 0 Å². The molecule has 0 spiro atoms. The highest BCUT2D eigenvalue weighted by Gasteiger charge is 2.17. The molecule has 22 heavy (non-hydrogen) atoms. The third-order valence-electron chi connectivity index (χ3n) is 3.33. The maximum absolute atomic E-state index is 12.5. The second kappa shape index (κ2) is 8.26. The largest absolute Gasteiger partial charge is 0.330 e. The molecule has 0 heterocycles. The fourth-order valence-electron chi connectivity index (χ4n) is 1.71. The molecule has 2 N–H and O–H groups in total. The predicted octanol–water partition coefficient (Wildman–Crippen LogP) is 3.95. The van der Waals surface area contributed by atoms with Crippen LogP contribution in [0.2, 0.25) is 0 Å². The van der Waals surface area contributed by atoms with Gasteiger partial charge in [-0.2, -0.15) is 5.26 Å². The summed E-state index contributed by atoms with van der Waals surface area (Å²) in [6.07, 6.45) is 0.347. The van der Waals surface area contributed by atoms with E-state index in [9.17, 15) is 8.78 Å². The van der Waals surface area contributed by atoms with Crippen LogP contribution in [0.25, 0.3) is 0 Å². The number of halogens is 2. The first-order chi connectivity index (χ1) is 10.4. The van der Waals surface area contributed by atoms with Gasteiger partial charge in [0.2, 0.25) is 0 Å². The van der Waals surface area contributed by atoms with Crippen molar-refractivity contribution in [3.05, 3.63) is 71.3 Å². The molecule has 0 atom stereocenters. The van der Waals surface area contributed by atoms with E-state index in [1.165, 1.54) is 24.3 Å². The molecule has 0 aliphatic rings. The van der Waals surface area contributed by atoms with Crippen molar-refractivity contribution in [3.8, 4) is 6.07 Å². The van der Waals surface area contributed by atoms with E-state index >= 15 is 0 Å². The molecule has 2 aromatic rings. The van der Waals surface area contributed by atoms with Gasteiger partial charge in [0.05, 0.1) is 12.5 Å². The van der Waals surface area contributed by atoms with Crippen LogP contribution in [0, 0.1) is 23.0 Å². The Balaban J connectivity index is 0.000000224. The molecule has 0 unspecified atom stereocenters. The van der Waals surface area contributed by atoms with Crippen LogP contribution in [-0.4, -0.2) is 6.54 Å². The molecule has 2 aromatic carbocycles. The number of rotatable bonds is 3. The standard InChI is InChI=1S/C10H14FN.C8H6FN/c1-10(2,7-12)8-3-5-9(11)6-4-8;9-8-3-1-7(2-4-8)5-6-10/h3-6H,7,12H2,1-2H3;1-4H,5H2. The minimum absolute atomic E-state index is 0.0618. The lowest BCUT2D eigenvalue weighted by Crippen LogP contribution is -2.27. The Labute approximate surface area is 130 Å². The highest BCUT2D eigenvalue weighted by atomic mass is 19.1. The molecule has 0 bridgehead atoms. The average Bonchev–Trinajstić information content (AvgIpc) is 2.51. The van der Waals surface area contributed by atoms with Crippen LogP contribution in [0.4, 0.5) is 8.78 Å². The van der Waals surface area contributed by atoms with Gasteiger partial charge in [-0.15, -0.1) is 0 Å². The highest BCUT2D eigenvalue weighted by molar-refractivity contribution is 5.24. The topological polar surface area (TPSA) is 49.8 Å². The monoisotopic (exact) mass is 302 g/mol. The second-order valence-electron chi connectivity index (χ2n) is 5.56. The smallest absolute Gasteiger partial charge is 0.123 e. The van der Waals surface area contributed by atoms with Crippen LogP contribution in [0.15, 0.2) is 48.5 Å². The van der Waals surface area contributed by atoms with Gasteiger partial charge in [-0.1, -0.05) is 38.1 Å². The number of nitriles is 1. The average molecular weight is 302 g/mol. The van der Waals surface area contributed by atoms with Crippen molar-refractivity contribution in [2.75, 3.05) is 6.54 Å². The fourth-order valence-corrected chi connectivity index (χ4v) is 1.71. The molecular weight excluding hydrogens is 282 g/mol. The molecular formula is C18H20F2N2. The van der Waals surface area contributed by atoms with Crippen molar-refractivity contribution in [3.63, 3.8) is 0 Å². The van der Waals surface area contributed by atoms with Gasteiger partial charge in [-0.25, -0.2) is 8.78 Å². The SMILES string of the molecule is CC(C)(CN)c1ccc(F)cc1.N#CCc1ccc(F)cc1. The fraction of sp³-hybridized carbons (Fsp3) is 0.278. The molecule has 4 heteroatoms. The maximum Gasteiger partial charge on any atom is 0.123 e. The zero-order valence-corrected chi connectivity index (χ0v) is 12.8. The lowest BCUT2D eigenvalue weighted by Gasteiger charge is -2.22. The summed E-state index contributed by atoms with van der Waals surface area (Å²) in [4.78, 5) is 0. The van der Waals surface area contributed by atoms with E-state index in [4.69, 9.17) is 11.0 Å². The Morgan fingerprint density at radius 2 is 1.41 bits per heavy atom. The van der Waals surface area contributed by atoms with E-state index in [0.29, 0.717) is 13.0 Å². The molecule has 0 aliphatic heterocycles. The van der Waals surface area contributed by atoms with Gasteiger partial charge in [0.1, 0.15) is 11.6 Å². The van der Waals surface area contributed by atoms with Crippen molar-refractivity contribution in [1.29, 1.82) is 5.26 Å². The molecule has 0 aliphatic carbocycles. The first-order valence-corrected chi connectivity index (χ1v) is 6.96. The first kappa shape index (κ1) is 17.8. The lowest BCUT2D eigenvalue weighted by molar-refractivity contribution is 0.536. The Kier molecular flexibility index (Phi) is 6.68.